The smallest absolute Gasteiger partial charge is 0.140 e. The van der Waals surface area contributed by atoms with Crippen LogP contribution in [0.15, 0.2) is 6.33 Å². The number of nitrogens with one attached hydrogen (secondary N) is 1. The third-order valence-electron chi connectivity index (χ3n) is 3.14. The molecule has 1 rings (SSSR count). The fourth-order valence-electron chi connectivity index (χ4n) is 1.70. The van der Waals surface area contributed by atoms with Gasteiger partial charge in [-0.2, -0.15) is 5.10 Å². The molecule has 0 bridgehead atoms. The second-order valence-corrected chi connectivity index (χ2v) is 5.06. The van der Waals surface area contributed by atoms with Gasteiger partial charge in [0.25, 0.3) is 0 Å². The van der Waals surface area contributed by atoms with E-state index in [4.69, 9.17) is 0 Å². The molecule has 1 heterocycles. The van der Waals surface area contributed by atoms with Crippen LogP contribution < -0.4 is 5.32 Å². The Balaban J connectivity index is 2.65. The molecule has 0 aliphatic heterocycles. The highest BCUT2D eigenvalue weighted by Crippen LogP contribution is 2.10. The molecule has 6 nitrogen and oxygen atoms in total. The summed E-state index contributed by atoms with van der Waals surface area (Å²) in [5.41, 5.74) is -0.644. The first kappa shape index (κ1) is 15.1. The maximum Gasteiger partial charge on any atom is 0.140 e. The molecule has 0 aliphatic rings. The lowest BCUT2D eigenvalue weighted by Gasteiger charge is -2.29. The molecule has 0 unspecified atom stereocenters. The summed E-state index contributed by atoms with van der Waals surface area (Å²) in [5.74, 6) is 1.32. The van der Waals surface area contributed by atoms with Crippen molar-refractivity contribution in [3.8, 4) is 0 Å². The van der Waals surface area contributed by atoms with E-state index < -0.39 is 5.54 Å². The zero-order valence-electron chi connectivity index (χ0n) is 11.4. The standard InChI is InChI=1S/C12H24N4O2/c1-4-12(7-17,8-18)14-5-11-13-9-15-16(11)6-10(2)3/h9-10,14,17-18H,4-8H2,1-3H3. The first-order valence-electron chi connectivity index (χ1n) is 6.40. The molecule has 0 aliphatic carbocycles. The summed E-state index contributed by atoms with van der Waals surface area (Å²) >= 11 is 0. The number of hydrogen-bond donors (Lipinski definition) is 3. The second kappa shape index (κ2) is 6.82. The summed E-state index contributed by atoms with van der Waals surface area (Å²) in [6.45, 7) is 7.28. The van der Waals surface area contributed by atoms with Crippen LogP contribution >= 0.6 is 0 Å². The Morgan fingerprint density at radius 3 is 2.56 bits per heavy atom. The van der Waals surface area contributed by atoms with E-state index in [2.05, 4.69) is 29.2 Å². The number of aliphatic hydroxyl groups is 2. The summed E-state index contributed by atoms with van der Waals surface area (Å²) in [7, 11) is 0. The third kappa shape index (κ3) is 3.76. The van der Waals surface area contributed by atoms with Crippen molar-refractivity contribution in [3.63, 3.8) is 0 Å². The molecular weight excluding hydrogens is 232 g/mol. The quantitative estimate of drug-likeness (QED) is 0.617. The van der Waals surface area contributed by atoms with Crippen molar-refractivity contribution in [2.45, 2.75) is 45.8 Å². The van der Waals surface area contributed by atoms with E-state index >= 15 is 0 Å². The molecule has 0 aromatic carbocycles. The van der Waals surface area contributed by atoms with Gasteiger partial charge in [0.05, 0.1) is 25.3 Å². The summed E-state index contributed by atoms with van der Waals surface area (Å²) in [6.07, 6.45) is 2.18. The summed E-state index contributed by atoms with van der Waals surface area (Å²) in [4.78, 5) is 4.20. The van der Waals surface area contributed by atoms with Gasteiger partial charge >= 0.3 is 0 Å². The summed E-state index contributed by atoms with van der Waals surface area (Å²) in [6, 6.07) is 0. The second-order valence-electron chi connectivity index (χ2n) is 5.06. The minimum atomic E-state index is -0.644. The average Bonchev–Trinajstić information content (AvgIpc) is 2.78. The number of aliphatic hydroxyl groups excluding tert-OH is 2. The van der Waals surface area contributed by atoms with Crippen LogP contribution in [0.1, 0.15) is 33.0 Å². The maximum atomic E-state index is 9.35. The van der Waals surface area contributed by atoms with Crippen molar-refractivity contribution in [2.24, 2.45) is 5.92 Å². The van der Waals surface area contributed by atoms with Gasteiger partial charge in [0.1, 0.15) is 12.2 Å². The van der Waals surface area contributed by atoms with Crippen LogP contribution in [0.5, 0.6) is 0 Å². The van der Waals surface area contributed by atoms with Gasteiger partial charge in [-0.3, -0.25) is 0 Å². The fourth-order valence-corrected chi connectivity index (χ4v) is 1.70. The fraction of sp³-hybridized carbons (Fsp3) is 0.833. The normalized spacial score (nSPS) is 12.3. The number of hydrogen-bond acceptors (Lipinski definition) is 5. The van der Waals surface area contributed by atoms with E-state index in [0.29, 0.717) is 18.9 Å². The van der Waals surface area contributed by atoms with Gasteiger partial charge in [-0.25, -0.2) is 9.67 Å². The Morgan fingerprint density at radius 1 is 1.39 bits per heavy atom. The van der Waals surface area contributed by atoms with Crippen LogP contribution in [0.2, 0.25) is 0 Å². The molecule has 0 saturated heterocycles. The van der Waals surface area contributed by atoms with Gasteiger partial charge in [0.2, 0.25) is 0 Å². The zero-order valence-corrected chi connectivity index (χ0v) is 11.4. The lowest BCUT2D eigenvalue weighted by molar-refractivity contribution is 0.0854. The largest absolute Gasteiger partial charge is 0.394 e. The van der Waals surface area contributed by atoms with E-state index in [-0.39, 0.29) is 13.2 Å². The predicted octanol–water partition coefficient (Wildman–Crippen LogP) is 0.157. The van der Waals surface area contributed by atoms with Crippen molar-refractivity contribution in [3.05, 3.63) is 12.2 Å². The topological polar surface area (TPSA) is 83.2 Å². The van der Waals surface area contributed by atoms with Crippen molar-refractivity contribution in [2.75, 3.05) is 13.2 Å². The highest BCUT2D eigenvalue weighted by atomic mass is 16.3. The average molecular weight is 256 g/mol. The first-order chi connectivity index (χ1) is 8.56. The molecule has 0 saturated carbocycles. The van der Waals surface area contributed by atoms with E-state index in [9.17, 15) is 10.2 Å². The van der Waals surface area contributed by atoms with Gasteiger partial charge in [0, 0.05) is 6.54 Å². The Bertz CT molecular complexity index is 339. The highest BCUT2D eigenvalue weighted by Gasteiger charge is 2.26. The molecule has 0 atom stereocenters. The minimum Gasteiger partial charge on any atom is -0.394 e. The Labute approximate surface area is 108 Å². The van der Waals surface area contributed by atoms with Crippen molar-refractivity contribution < 1.29 is 10.2 Å². The Hall–Kier alpha value is -0.980. The first-order valence-corrected chi connectivity index (χ1v) is 6.40. The number of aromatic nitrogens is 3. The molecule has 6 heteroatoms. The van der Waals surface area contributed by atoms with Gasteiger partial charge < -0.3 is 15.5 Å². The van der Waals surface area contributed by atoms with Gasteiger partial charge in [-0.05, 0) is 12.3 Å². The molecule has 18 heavy (non-hydrogen) atoms. The predicted molar refractivity (Wildman–Crippen MR) is 68.9 cm³/mol. The Morgan fingerprint density at radius 2 is 2.06 bits per heavy atom. The van der Waals surface area contributed by atoms with Crippen LogP contribution in [0.3, 0.4) is 0 Å². The molecule has 0 amide bonds. The third-order valence-corrected chi connectivity index (χ3v) is 3.14. The molecule has 3 N–H and O–H groups in total. The van der Waals surface area contributed by atoms with Crippen LogP contribution in [-0.4, -0.2) is 43.7 Å². The monoisotopic (exact) mass is 256 g/mol. The highest BCUT2D eigenvalue weighted by molar-refractivity contribution is 4.91. The maximum absolute atomic E-state index is 9.35. The zero-order chi connectivity index (χ0) is 13.6. The summed E-state index contributed by atoms with van der Waals surface area (Å²) < 4.78 is 1.85. The van der Waals surface area contributed by atoms with Gasteiger partial charge in [-0.15, -0.1) is 0 Å². The molecule has 104 valence electrons. The van der Waals surface area contributed by atoms with Gasteiger partial charge in [0.15, 0.2) is 0 Å². The van der Waals surface area contributed by atoms with Crippen molar-refractivity contribution >= 4 is 0 Å². The van der Waals surface area contributed by atoms with E-state index in [1.807, 2.05) is 11.6 Å². The van der Waals surface area contributed by atoms with Crippen molar-refractivity contribution in [1.82, 2.24) is 20.1 Å². The van der Waals surface area contributed by atoms with E-state index in [1.54, 1.807) is 0 Å². The lowest BCUT2D eigenvalue weighted by atomic mass is 9.98. The molecule has 0 radical (unpaired) electrons. The summed E-state index contributed by atoms with van der Waals surface area (Å²) in [5, 5.41) is 26.1. The number of rotatable bonds is 8. The van der Waals surface area contributed by atoms with Crippen LogP contribution in [-0.2, 0) is 13.1 Å². The molecule has 1 aromatic heterocycles. The Kier molecular flexibility index (Phi) is 5.71. The van der Waals surface area contributed by atoms with Crippen LogP contribution in [0, 0.1) is 5.92 Å². The van der Waals surface area contributed by atoms with Crippen molar-refractivity contribution in [1.29, 1.82) is 0 Å². The van der Waals surface area contributed by atoms with E-state index in [1.165, 1.54) is 6.33 Å². The molecule has 0 fully saturated rings. The van der Waals surface area contributed by atoms with Crippen LogP contribution in [0.4, 0.5) is 0 Å². The van der Waals surface area contributed by atoms with E-state index in [0.717, 1.165) is 12.4 Å². The molecule has 1 aromatic rings. The molecule has 0 spiro atoms. The van der Waals surface area contributed by atoms with Crippen LogP contribution in [0.25, 0.3) is 0 Å². The van der Waals surface area contributed by atoms with Gasteiger partial charge in [-0.1, -0.05) is 20.8 Å². The SMILES string of the molecule is CCC(CO)(CO)NCc1ncnn1CC(C)C. The number of nitrogens with zero attached hydrogens (tertiary/aromatic N) is 3. The lowest BCUT2D eigenvalue weighted by Crippen LogP contribution is -2.51. The molecular formula is C12H24N4O2. The minimum absolute atomic E-state index is 0.0989.